The summed E-state index contributed by atoms with van der Waals surface area (Å²) in [6, 6.07) is 4.56. The minimum atomic E-state index is -0.461. The maximum Gasteiger partial charge on any atom is 0.309 e. The number of carbonyl (C=O) groups is 2. The highest BCUT2D eigenvalue weighted by Gasteiger charge is 2.40. The number of nitro groups is 1. The molecule has 8 nitrogen and oxygen atoms in total. The van der Waals surface area contributed by atoms with E-state index in [0.717, 1.165) is 6.42 Å². The molecule has 2 atom stereocenters. The molecule has 2 aliphatic rings. The lowest BCUT2D eigenvalue weighted by Gasteiger charge is -2.35. The Hall–Kier alpha value is -2.35. The number of nitro benzene ring substituents is 1. The maximum atomic E-state index is 12.2. The Labute approximate surface area is 155 Å². The quantitative estimate of drug-likeness (QED) is 0.440. The minimum absolute atomic E-state index is 0.0511. The van der Waals surface area contributed by atoms with Crippen LogP contribution in [0.25, 0.3) is 0 Å². The predicted molar refractivity (Wildman–Crippen MR) is 95.1 cm³/mol. The van der Waals surface area contributed by atoms with E-state index in [1.165, 1.54) is 6.07 Å². The second-order valence-corrected chi connectivity index (χ2v) is 7.12. The molecular formula is C17H20ClN3O5. The number of hydrogen-bond acceptors (Lipinski definition) is 6. The fourth-order valence-corrected chi connectivity index (χ4v) is 3.26. The predicted octanol–water partition coefficient (Wildman–Crippen LogP) is 2.10. The molecule has 0 radical (unpaired) electrons. The lowest BCUT2D eigenvalue weighted by molar-refractivity contribution is -0.384. The molecule has 1 heterocycles. The van der Waals surface area contributed by atoms with Gasteiger partial charge in [0, 0.05) is 37.3 Å². The van der Waals surface area contributed by atoms with Crippen LogP contribution in [0.3, 0.4) is 0 Å². The van der Waals surface area contributed by atoms with Crippen LogP contribution < -0.4 is 4.90 Å². The molecule has 0 aromatic heterocycles. The van der Waals surface area contributed by atoms with Crippen molar-refractivity contribution in [2.24, 2.45) is 11.8 Å². The highest BCUT2D eigenvalue weighted by atomic mass is 35.5. The molecule has 1 aliphatic carbocycles. The highest BCUT2D eigenvalue weighted by Crippen LogP contribution is 2.38. The zero-order chi connectivity index (χ0) is 18.8. The SMILES string of the molecule is C[C@@H]1C[C@@H]1C(=O)OCC(=O)N1CCN(c2ccc(Cl)cc2[N+](=O)[O-])CC1. The summed E-state index contributed by atoms with van der Waals surface area (Å²) in [4.78, 5) is 38.1. The summed E-state index contributed by atoms with van der Waals surface area (Å²) < 4.78 is 5.08. The standard InChI is InChI=1S/C17H20ClN3O5/c1-11-8-13(11)17(23)26-10-16(22)20-6-4-19(5-7-20)14-3-2-12(18)9-15(14)21(24)25/h2-3,9,11,13H,4-8,10H2,1H3/t11-,13+/m1/s1. The summed E-state index contributed by atoms with van der Waals surface area (Å²) in [7, 11) is 0. The van der Waals surface area contributed by atoms with Gasteiger partial charge in [0.2, 0.25) is 0 Å². The number of ether oxygens (including phenoxy) is 1. The van der Waals surface area contributed by atoms with Crippen LogP contribution in [0.4, 0.5) is 11.4 Å². The molecule has 26 heavy (non-hydrogen) atoms. The zero-order valence-electron chi connectivity index (χ0n) is 14.4. The Morgan fingerprint density at radius 3 is 2.54 bits per heavy atom. The summed E-state index contributed by atoms with van der Waals surface area (Å²) in [5.41, 5.74) is 0.436. The summed E-state index contributed by atoms with van der Waals surface area (Å²) in [5, 5.41) is 11.5. The van der Waals surface area contributed by atoms with Gasteiger partial charge in [-0.2, -0.15) is 0 Å². The number of esters is 1. The van der Waals surface area contributed by atoms with Gasteiger partial charge in [0.05, 0.1) is 10.8 Å². The first kappa shape index (κ1) is 18.4. The molecule has 1 aromatic carbocycles. The first-order chi connectivity index (χ1) is 12.4. The van der Waals surface area contributed by atoms with E-state index in [-0.39, 0.29) is 30.1 Å². The van der Waals surface area contributed by atoms with Gasteiger partial charge in [0.15, 0.2) is 6.61 Å². The van der Waals surface area contributed by atoms with Crippen LogP contribution in [0.15, 0.2) is 18.2 Å². The van der Waals surface area contributed by atoms with Gasteiger partial charge in [0.1, 0.15) is 5.69 Å². The molecular weight excluding hydrogens is 362 g/mol. The molecule has 0 spiro atoms. The van der Waals surface area contributed by atoms with E-state index in [0.29, 0.717) is 42.8 Å². The van der Waals surface area contributed by atoms with Gasteiger partial charge in [0.25, 0.3) is 11.6 Å². The van der Waals surface area contributed by atoms with Crippen LogP contribution in [0.2, 0.25) is 5.02 Å². The van der Waals surface area contributed by atoms with Crippen molar-refractivity contribution in [3.05, 3.63) is 33.3 Å². The number of anilines is 1. The largest absolute Gasteiger partial charge is 0.455 e. The summed E-state index contributed by atoms with van der Waals surface area (Å²) >= 11 is 5.84. The van der Waals surface area contributed by atoms with Crippen molar-refractivity contribution in [2.45, 2.75) is 13.3 Å². The Bertz CT molecular complexity index is 733. The van der Waals surface area contributed by atoms with E-state index in [9.17, 15) is 19.7 Å². The Kier molecular flexibility index (Phi) is 5.31. The molecule has 1 amide bonds. The highest BCUT2D eigenvalue weighted by molar-refractivity contribution is 6.30. The van der Waals surface area contributed by atoms with Gasteiger partial charge < -0.3 is 14.5 Å². The normalized spacial score (nSPS) is 22.1. The van der Waals surface area contributed by atoms with Gasteiger partial charge in [-0.05, 0) is 24.5 Å². The van der Waals surface area contributed by atoms with Gasteiger partial charge in [-0.1, -0.05) is 18.5 Å². The first-order valence-electron chi connectivity index (χ1n) is 8.50. The Morgan fingerprint density at radius 2 is 1.96 bits per heavy atom. The van der Waals surface area contributed by atoms with Crippen LogP contribution in [0.1, 0.15) is 13.3 Å². The zero-order valence-corrected chi connectivity index (χ0v) is 15.1. The van der Waals surface area contributed by atoms with Crippen LogP contribution in [-0.4, -0.2) is 54.5 Å². The summed E-state index contributed by atoms with van der Waals surface area (Å²) in [6.07, 6.45) is 0.825. The van der Waals surface area contributed by atoms with Gasteiger partial charge in [-0.3, -0.25) is 19.7 Å². The number of amides is 1. The number of hydrogen-bond donors (Lipinski definition) is 0. The van der Waals surface area contributed by atoms with Crippen molar-refractivity contribution >= 4 is 34.9 Å². The average Bonchev–Trinajstić information content (AvgIpc) is 3.36. The van der Waals surface area contributed by atoms with Crippen molar-refractivity contribution in [3.63, 3.8) is 0 Å². The topological polar surface area (TPSA) is 93.0 Å². The molecule has 1 saturated heterocycles. The minimum Gasteiger partial charge on any atom is -0.455 e. The Balaban J connectivity index is 1.53. The number of carbonyl (C=O) groups excluding carboxylic acids is 2. The number of rotatable bonds is 5. The van der Waals surface area contributed by atoms with Crippen LogP contribution in [0.5, 0.6) is 0 Å². The second-order valence-electron chi connectivity index (χ2n) is 6.69. The molecule has 0 bridgehead atoms. The van der Waals surface area contributed by atoms with Crippen molar-refractivity contribution in [3.8, 4) is 0 Å². The van der Waals surface area contributed by atoms with Crippen molar-refractivity contribution < 1.29 is 19.2 Å². The van der Waals surface area contributed by atoms with Gasteiger partial charge in [-0.25, -0.2) is 0 Å². The van der Waals surface area contributed by atoms with E-state index in [1.807, 2.05) is 11.8 Å². The van der Waals surface area contributed by atoms with E-state index in [1.54, 1.807) is 17.0 Å². The van der Waals surface area contributed by atoms with E-state index >= 15 is 0 Å². The molecule has 1 aliphatic heterocycles. The fourth-order valence-electron chi connectivity index (χ4n) is 3.09. The number of benzene rings is 1. The van der Waals surface area contributed by atoms with Crippen LogP contribution in [-0.2, 0) is 14.3 Å². The van der Waals surface area contributed by atoms with Gasteiger partial charge in [-0.15, -0.1) is 0 Å². The summed E-state index contributed by atoms with van der Waals surface area (Å²) in [6.45, 7) is 3.47. The van der Waals surface area contributed by atoms with E-state index in [2.05, 4.69) is 0 Å². The molecule has 1 aromatic rings. The second kappa shape index (κ2) is 7.49. The van der Waals surface area contributed by atoms with E-state index in [4.69, 9.17) is 16.3 Å². The third kappa shape index (κ3) is 4.07. The third-order valence-corrected chi connectivity index (χ3v) is 5.09. The lowest BCUT2D eigenvalue weighted by atomic mass is 10.2. The van der Waals surface area contributed by atoms with Gasteiger partial charge >= 0.3 is 5.97 Å². The maximum absolute atomic E-state index is 12.2. The molecule has 140 valence electrons. The molecule has 2 fully saturated rings. The monoisotopic (exact) mass is 381 g/mol. The van der Waals surface area contributed by atoms with Crippen molar-refractivity contribution in [1.82, 2.24) is 4.90 Å². The first-order valence-corrected chi connectivity index (χ1v) is 8.88. The van der Waals surface area contributed by atoms with Crippen LogP contribution >= 0.6 is 11.6 Å². The number of halogens is 1. The molecule has 9 heteroatoms. The lowest BCUT2D eigenvalue weighted by Crippen LogP contribution is -2.50. The van der Waals surface area contributed by atoms with Crippen molar-refractivity contribution in [1.29, 1.82) is 0 Å². The average molecular weight is 382 g/mol. The molecule has 3 rings (SSSR count). The fraction of sp³-hybridized carbons (Fsp3) is 0.529. The Morgan fingerprint density at radius 1 is 1.31 bits per heavy atom. The number of piperazine rings is 1. The molecule has 0 unspecified atom stereocenters. The number of nitrogens with zero attached hydrogens (tertiary/aromatic N) is 3. The third-order valence-electron chi connectivity index (χ3n) is 4.86. The molecule has 0 N–H and O–H groups in total. The summed E-state index contributed by atoms with van der Waals surface area (Å²) in [5.74, 6) is -0.264. The van der Waals surface area contributed by atoms with E-state index < -0.39 is 4.92 Å². The smallest absolute Gasteiger partial charge is 0.309 e. The van der Waals surface area contributed by atoms with Crippen molar-refractivity contribution in [2.75, 3.05) is 37.7 Å². The van der Waals surface area contributed by atoms with Crippen LogP contribution in [0, 0.1) is 22.0 Å². The molecule has 1 saturated carbocycles.